The molecule has 5 heteroatoms. The number of rotatable bonds is 4. The van der Waals surface area contributed by atoms with Crippen LogP contribution in [0, 0.1) is 0 Å². The zero-order chi connectivity index (χ0) is 14.8. The van der Waals surface area contributed by atoms with E-state index in [2.05, 4.69) is 5.32 Å². The Morgan fingerprint density at radius 3 is 2.90 bits per heavy atom. The molecule has 1 unspecified atom stereocenters. The third kappa shape index (κ3) is 2.88. The average Bonchev–Trinajstić information content (AvgIpc) is 2.88. The Bertz CT molecular complexity index is 496. The second-order valence-electron chi connectivity index (χ2n) is 5.53. The summed E-state index contributed by atoms with van der Waals surface area (Å²) in [4.78, 5) is 14.2. The maximum Gasteiger partial charge on any atom is 0.242 e. The number of aromatic hydroxyl groups is 1. The Morgan fingerprint density at radius 2 is 2.30 bits per heavy atom. The van der Waals surface area contributed by atoms with Crippen LogP contribution in [0.3, 0.4) is 0 Å². The second-order valence-corrected chi connectivity index (χ2v) is 5.53. The summed E-state index contributed by atoms with van der Waals surface area (Å²) >= 11 is 0. The summed E-state index contributed by atoms with van der Waals surface area (Å²) in [5, 5.41) is 12.9. The number of carbonyl (C=O) groups is 1. The number of methoxy groups -OCH3 is 1. The summed E-state index contributed by atoms with van der Waals surface area (Å²) in [6.45, 7) is 3.34. The second kappa shape index (κ2) is 5.71. The SMILES string of the molecule is COc1cc(CN(C)C(=O)C2(C)CCCN2)ccc1O. The molecule has 5 nitrogen and oxygen atoms in total. The van der Waals surface area contributed by atoms with Gasteiger partial charge in [0.25, 0.3) is 0 Å². The predicted octanol–water partition coefficient (Wildman–Crippen LogP) is 1.50. The number of phenols is 1. The van der Waals surface area contributed by atoms with Gasteiger partial charge in [0.2, 0.25) is 5.91 Å². The largest absolute Gasteiger partial charge is 0.504 e. The summed E-state index contributed by atoms with van der Waals surface area (Å²) in [6.07, 6.45) is 1.90. The van der Waals surface area contributed by atoms with Gasteiger partial charge in [-0.2, -0.15) is 0 Å². The highest BCUT2D eigenvalue weighted by molar-refractivity contribution is 5.86. The first-order valence-electron chi connectivity index (χ1n) is 6.83. The van der Waals surface area contributed by atoms with Gasteiger partial charge in [0, 0.05) is 13.6 Å². The van der Waals surface area contributed by atoms with Gasteiger partial charge in [-0.15, -0.1) is 0 Å². The number of hydrogen-bond donors (Lipinski definition) is 2. The van der Waals surface area contributed by atoms with Crippen LogP contribution in [0.5, 0.6) is 11.5 Å². The van der Waals surface area contributed by atoms with E-state index in [4.69, 9.17) is 4.74 Å². The molecule has 110 valence electrons. The number of hydrogen-bond acceptors (Lipinski definition) is 4. The van der Waals surface area contributed by atoms with Gasteiger partial charge in [0.1, 0.15) is 0 Å². The lowest BCUT2D eigenvalue weighted by atomic mass is 9.98. The van der Waals surface area contributed by atoms with E-state index in [0.717, 1.165) is 24.9 Å². The van der Waals surface area contributed by atoms with Crippen molar-refractivity contribution in [2.75, 3.05) is 20.7 Å². The molecule has 1 aliphatic rings. The molecule has 0 aliphatic carbocycles. The van der Waals surface area contributed by atoms with Crippen LogP contribution in [-0.4, -0.2) is 42.2 Å². The van der Waals surface area contributed by atoms with Crippen molar-refractivity contribution in [1.82, 2.24) is 10.2 Å². The minimum Gasteiger partial charge on any atom is -0.504 e. The van der Waals surface area contributed by atoms with Gasteiger partial charge in [-0.25, -0.2) is 0 Å². The molecule has 1 heterocycles. The number of benzene rings is 1. The summed E-state index contributed by atoms with van der Waals surface area (Å²) in [5.74, 6) is 0.630. The zero-order valence-corrected chi connectivity index (χ0v) is 12.3. The summed E-state index contributed by atoms with van der Waals surface area (Å²) in [7, 11) is 3.31. The van der Waals surface area contributed by atoms with Gasteiger partial charge >= 0.3 is 0 Å². The van der Waals surface area contributed by atoms with Crippen LogP contribution in [-0.2, 0) is 11.3 Å². The van der Waals surface area contributed by atoms with Crippen molar-refractivity contribution < 1.29 is 14.6 Å². The van der Waals surface area contributed by atoms with Gasteiger partial charge in [0.15, 0.2) is 11.5 Å². The van der Waals surface area contributed by atoms with Crippen molar-refractivity contribution in [3.63, 3.8) is 0 Å². The van der Waals surface area contributed by atoms with Gasteiger partial charge < -0.3 is 20.1 Å². The Hall–Kier alpha value is -1.75. The van der Waals surface area contributed by atoms with E-state index in [1.54, 1.807) is 30.1 Å². The molecular weight excluding hydrogens is 256 g/mol. The Kier molecular flexibility index (Phi) is 4.18. The third-order valence-corrected chi connectivity index (χ3v) is 3.85. The molecule has 1 aliphatic heterocycles. The van der Waals surface area contributed by atoms with Gasteiger partial charge in [-0.3, -0.25) is 4.79 Å². The standard InChI is InChI=1S/C15H22N2O3/c1-15(7-4-8-16-15)14(19)17(2)10-11-5-6-12(18)13(9-11)20-3/h5-6,9,16,18H,4,7-8,10H2,1-3H3. The third-order valence-electron chi connectivity index (χ3n) is 3.85. The number of nitrogens with zero attached hydrogens (tertiary/aromatic N) is 1. The van der Waals surface area contributed by atoms with Crippen LogP contribution in [0.15, 0.2) is 18.2 Å². The molecule has 0 saturated carbocycles. The lowest BCUT2D eigenvalue weighted by Crippen LogP contribution is -2.51. The van der Waals surface area contributed by atoms with Crippen LogP contribution >= 0.6 is 0 Å². The van der Waals surface area contributed by atoms with Gasteiger partial charge in [-0.05, 0) is 44.0 Å². The molecule has 0 radical (unpaired) electrons. The number of amides is 1. The molecule has 1 fully saturated rings. The summed E-state index contributed by atoms with van der Waals surface area (Å²) < 4.78 is 5.08. The molecule has 1 saturated heterocycles. The fraction of sp³-hybridized carbons (Fsp3) is 0.533. The molecule has 1 amide bonds. The maximum atomic E-state index is 12.5. The highest BCUT2D eigenvalue weighted by Gasteiger charge is 2.37. The molecule has 0 bridgehead atoms. The Morgan fingerprint density at radius 1 is 1.55 bits per heavy atom. The molecule has 0 aromatic heterocycles. The van der Waals surface area contributed by atoms with Crippen LogP contribution in [0.2, 0.25) is 0 Å². The molecule has 1 aromatic carbocycles. The fourth-order valence-corrected chi connectivity index (χ4v) is 2.66. The van der Waals surface area contributed by atoms with Crippen molar-refractivity contribution in [2.45, 2.75) is 31.8 Å². The van der Waals surface area contributed by atoms with Crippen LogP contribution in [0.25, 0.3) is 0 Å². The van der Waals surface area contributed by atoms with Crippen molar-refractivity contribution in [3.8, 4) is 11.5 Å². The maximum absolute atomic E-state index is 12.5. The normalized spacial score (nSPS) is 21.8. The smallest absolute Gasteiger partial charge is 0.242 e. The van der Waals surface area contributed by atoms with Crippen molar-refractivity contribution in [1.29, 1.82) is 0 Å². The number of nitrogens with one attached hydrogen (secondary N) is 1. The first-order chi connectivity index (χ1) is 9.46. The first kappa shape index (κ1) is 14.7. The first-order valence-corrected chi connectivity index (χ1v) is 6.83. The highest BCUT2D eigenvalue weighted by Crippen LogP contribution is 2.27. The summed E-state index contributed by atoms with van der Waals surface area (Å²) in [5.41, 5.74) is 0.479. The lowest BCUT2D eigenvalue weighted by molar-refractivity contribution is -0.136. The van der Waals surface area contributed by atoms with Crippen molar-refractivity contribution in [2.24, 2.45) is 0 Å². The Labute approximate surface area is 119 Å². The number of carbonyl (C=O) groups excluding carboxylic acids is 1. The minimum absolute atomic E-state index is 0.0991. The molecule has 0 spiro atoms. The molecule has 1 aromatic rings. The topological polar surface area (TPSA) is 61.8 Å². The fourth-order valence-electron chi connectivity index (χ4n) is 2.66. The van der Waals surface area contributed by atoms with E-state index in [9.17, 15) is 9.90 Å². The van der Waals surface area contributed by atoms with Crippen molar-refractivity contribution >= 4 is 5.91 Å². The van der Waals surface area contributed by atoms with Gasteiger partial charge in [-0.1, -0.05) is 6.07 Å². The van der Waals surface area contributed by atoms with E-state index in [1.165, 1.54) is 7.11 Å². The van der Waals surface area contributed by atoms with E-state index in [1.807, 2.05) is 6.92 Å². The molecule has 2 rings (SSSR count). The number of phenolic OH excluding ortho intramolecular Hbond substituents is 1. The van der Waals surface area contributed by atoms with Crippen LogP contribution in [0.1, 0.15) is 25.3 Å². The molecule has 1 atom stereocenters. The van der Waals surface area contributed by atoms with Gasteiger partial charge in [0.05, 0.1) is 12.6 Å². The predicted molar refractivity (Wildman–Crippen MR) is 76.8 cm³/mol. The van der Waals surface area contributed by atoms with Crippen LogP contribution < -0.4 is 10.1 Å². The summed E-state index contributed by atoms with van der Waals surface area (Å²) in [6, 6.07) is 5.14. The average molecular weight is 278 g/mol. The molecular formula is C15H22N2O3. The number of ether oxygens (including phenoxy) is 1. The Balaban J connectivity index is 2.07. The minimum atomic E-state index is -0.449. The van der Waals surface area contributed by atoms with E-state index in [-0.39, 0.29) is 11.7 Å². The van der Waals surface area contributed by atoms with Crippen LogP contribution in [0.4, 0.5) is 0 Å². The van der Waals surface area contributed by atoms with E-state index >= 15 is 0 Å². The zero-order valence-electron chi connectivity index (χ0n) is 12.3. The quantitative estimate of drug-likeness (QED) is 0.876. The number of likely N-dealkylation sites (N-methyl/N-ethyl adjacent to an activating group) is 1. The lowest BCUT2D eigenvalue weighted by Gasteiger charge is -2.29. The molecule has 20 heavy (non-hydrogen) atoms. The molecule has 2 N–H and O–H groups in total. The van der Waals surface area contributed by atoms with E-state index in [0.29, 0.717) is 12.3 Å². The van der Waals surface area contributed by atoms with Crippen molar-refractivity contribution in [3.05, 3.63) is 23.8 Å². The monoisotopic (exact) mass is 278 g/mol. The highest BCUT2D eigenvalue weighted by atomic mass is 16.5. The van der Waals surface area contributed by atoms with E-state index < -0.39 is 5.54 Å².